The third-order valence-electron chi connectivity index (χ3n) is 2.09. The van der Waals surface area contributed by atoms with E-state index < -0.39 is 4.92 Å². The molecule has 0 unspecified atom stereocenters. The molecule has 0 saturated carbocycles. The average molecular weight is 202 g/mol. The Hall–Kier alpha value is -2.10. The summed E-state index contributed by atoms with van der Waals surface area (Å²) in [5.41, 5.74) is 1.08. The normalized spacial score (nSPS) is 10.2. The molecule has 0 fully saturated rings. The molecule has 1 aromatic carbocycles. The van der Waals surface area contributed by atoms with Crippen molar-refractivity contribution in [3.05, 3.63) is 59.2 Å². The molecule has 1 aromatic heterocycles. The zero-order chi connectivity index (χ0) is 10.8. The predicted molar refractivity (Wildman–Crippen MR) is 55.3 cm³/mol. The third-order valence-corrected chi connectivity index (χ3v) is 2.09. The molecule has 0 amide bonds. The lowest BCUT2D eigenvalue weighted by molar-refractivity contribution is -0.385. The topological polar surface area (TPSA) is 56.3 Å². The Morgan fingerprint density at radius 1 is 1.33 bits per heavy atom. The molecule has 2 aromatic rings. The molecule has 2 rings (SSSR count). The van der Waals surface area contributed by atoms with Gasteiger partial charge in [-0.25, -0.2) is 0 Å². The zero-order valence-electron chi connectivity index (χ0n) is 7.84. The minimum absolute atomic E-state index is 0.00361. The Labute approximate surface area is 86.3 Å². The van der Waals surface area contributed by atoms with Crippen LogP contribution in [0.15, 0.2) is 41.0 Å². The maximum absolute atomic E-state index is 10.7. The van der Waals surface area contributed by atoms with E-state index >= 15 is 0 Å². The largest absolute Gasteiger partial charge is 0.464 e. The van der Waals surface area contributed by atoms with Gasteiger partial charge in [0, 0.05) is 17.2 Å². The molecule has 0 atom stereocenters. The number of nitro benzene ring substituents is 1. The smallest absolute Gasteiger partial charge is 0.273 e. The summed E-state index contributed by atoms with van der Waals surface area (Å²) in [5.74, 6) is 0.609. The second-order valence-corrected chi connectivity index (χ2v) is 3.08. The van der Waals surface area contributed by atoms with Crippen molar-refractivity contribution >= 4 is 5.69 Å². The van der Waals surface area contributed by atoms with Crippen LogP contribution in [0.25, 0.3) is 11.3 Å². The summed E-state index contributed by atoms with van der Waals surface area (Å²) >= 11 is 0. The number of nitro groups is 1. The molecule has 75 valence electrons. The van der Waals surface area contributed by atoms with Crippen molar-refractivity contribution in [2.24, 2.45) is 0 Å². The van der Waals surface area contributed by atoms with Gasteiger partial charge in [-0.1, -0.05) is 12.1 Å². The SMILES string of the molecule is [CH2]c1ccc(-c2ccco2)cc1[N+](=O)[O-]. The minimum atomic E-state index is -0.450. The van der Waals surface area contributed by atoms with Crippen molar-refractivity contribution < 1.29 is 9.34 Å². The molecule has 0 bridgehead atoms. The minimum Gasteiger partial charge on any atom is -0.464 e. The first-order chi connectivity index (χ1) is 7.18. The predicted octanol–water partition coefficient (Wildman–Crippen LogP) is 3.04. The van der Waals surface area contributed by atoms with E-state index in [2.05, 4.69) is 6.92 Å². The van der Waals surface area contributed by atoms with Crippen LogP contribution in [0, 0.1) is 17.0 Å². The first-order valence-corrected chi connectivity index (χ1v) is 4.33. The molecule has 1 radical (unpaired) electrons. The van der Waals surface area contributed by atoms with Crippen molar-refractivity contribution in [2.45, 2.75) is 0 Å². The highest BCUT2D eigenvalue weighted by Gasteiger charge is 2.12. The molecule has 0 aliphatic carbocycles. The zero-order valence-corrected chi connectivity index (χ0v) is 7.84. The average Bonchev–Trinajstić information content (AvgIpc) is 2.71. The van der Waals surface area contributed by atoms with Gasteiger partial charge in [-0.2, -0.15) is 0 Å². The number of hydrogen-bond donors (Lipinski definition) is 0. The van der Waals surface area contributed by atoms with E-state index in [1.54, 1.807) is 24.3 Å². The fourth-order valence-corrected chi connectivity index (χ4v) is 1.33. The monoisotopic (exact) mass is 202 g/mol. The van der Waals surface area contributed by atoms with Crippen molar-refractivity contribution in [1.29, 1.82) is 0 Å². The third kappa shape index (κ3) is 1.74. The Balaban J connectivity index is 2.52. The Kier molecular flexibility index (Phi) is 2.25. The van der Waals surface area contributed by atoms with Crippen LogP contribution in [0.2, 0.25) is 0 Å². The summed E-state index contributed by atoms with van der Waals surface area (Å²) in [6, 6.07) is 8.30. The van der Waals surface area contributed by atoms with Crippen molar-refractivity contribution in [3.63, 3.8) is 0 Å². The van der Waals surface area contributed by atoms with Crippen LogP contribution in [0.4, 0.5) is 5.69 Å². The second kappa shape index (κ2) is 3.57. The second-order valence-electron chi connectivity index (χ2n) is 3.08. The first kappa shape index (κ1) is 9.45. The van der Waals surface area contributed by atoms with Crippen molar-refractivity contribution in [1.82, 2.24) is 0 Å². The van der Waals surface area contributed by atoms with Gasteiger partial charge in [0.15, 0.2) is 0 Å². The van der Waals surface area contributed by atoms with E-state index in [9.17, 15) is 10.1 Å². The van der Waals surface area contributed by atoms with Crippen LogP contribution in [-0.2, 0) is 0 Å². The maximum atomic E-state index is 10.7. The Bertz CT molecular complexity index is 489. The molecule has 15 heavy (non-hydrogen) atoms. The van der Waals surface area contributed by atoms with E-state index in [1.807, 2.05) is 0 Å². The van der Waals surface area contributed by atoms with Crippen molar-refractivity contribution in [2.75, 3.05) is 0 Å². The van der Waals surface area contributed by atoms with Gasteiger partial charge in [-0.15, -0.1) is 0 Å². The quantitative estimate of drug-likeness (QED) is 0.555. The number of benzene rings is 1. The molecule has 0 saturated heterocycles. The highest BCUT2D eigenvalue weighted by atomic mass is 16.6. The summed E-state index contributed by atoms with van der Waals surface area (Å²) in [4.78, 5) is 10.2. The summed E-state index contributed by atoms with van der Waals surface area (Å²) in [7, 11) is 0. The van der Waals surface area contributed by atoms with Crippen LogP contribution < -0.4 is 0 Å². The summed E-state index contributed by atoms with van der Waals surface area (Å²) < 4.78 is 5.15. The standard InChI is InChI=1S/C11H8NO3/c1-8-4-5-9(7-10(8)12(13)14)11-3-2-6-15-11/h2-7H,1H2. The van der Waals surface area contributed by atoms with Crippen LogP contribution in [0.1, 0.15) is 5.56 Å². The van der Waals surface area contributed by atoms with E-state index in [0.29, 0.717) is 16.9 Å². The number of nitrogens with zero attached hydrogens (tertiary/aromatic N) is 1. The molecule has 0 aliphatic rings. The van der Waals surface area contributed by atoms with Gasteiger partial charge in [-0.3, -0.25) is 10.1 Å². The van der Waals surface area contributed by atoms with Crippen LogP contribution in [0.3, 0.4) is 0 Å². The number of hydrogen-bond acceptors (Lipinski definition) is 3. The number of rotatable bonds is 2. The highest BCUT2D eigenvalue weighted by molar-refractivity contribution is 5.63. The van der Waals surface area contributed by atoms with E-state index in [4.69, 9.17) is 4.42 Å². The van der Waals surface area contributed by atoms with Crippen molar-refractivity contribution in [3.8, 4) is 11.3 Å². The van der Waals surface area contributed by atoms with E-state index in [0.717, 1.165) is 0 Å². The van der Waals surface area contributed by atoms with Gasteiger partial charge in [0.1, 0.15) is 5.76 Å². The molecule has 0 aliphatic heterocycles. The first-order valence-electron chi connectivity index (χ1n) is 4.33. The Morgan fingerprint density at radius 2 is 2.13 bits per heavy atom. The van der Waals surface area contributed by atoms with Crippen LogP contribution in [-0.4, -0.2) is 4.92 Å². The lowest BCUT2D eigenvalue weighted by Crippen LogP contribution is -1.91. The molecule has 4 heteroatoms. The van der Waals surface area contributed by atoms with Crippen LogP contribution >= 0.6 is 0 Å². The van der Waals surface area contributed by atoms with Gasteiger partial charge in [0.25, 0.3) is 5.69 Å². The maximum Gasteiger partial charge on any atom is 0.273 e. The van der Waals surface area contributed by atoms with E-state index in [-0.39, 0.29) is 5.69 Å². The summed E-state index contributed by atoms with van der Waals surface area (Å²) in [6.07, 6.45) is 1.53. The lowest BCUT2D eigenvalue weighted by Gasteiger charge is -1.99. The summed E-state index contributed by atoms with van der Waals surface area (Å²) in [5, 5.41) is 10.7. The van der Waals surface area contributed by atoms with Gasteiger partial charge in [-0.05, 0) is 19.1 Å². The van der Waals surface area contributed by atoms with Gasteiger partial charge in [0.2, 0.25) is 0 Å². The van der Waals surface area contributed by atoms with Gasteiger partial charge in [0.05, 0.1) is 11.2 Å². The number of furan rings is 1. The lowest BCUT2D eigenvalue weighted by atomic mass is 10.1. The molecule has 1 heterocycles. The van der Waals surface area contributed by atoms with Crippen LogP contribution in [0.5, 0.6) is 0 Å². The molecule has 4 nitrogen and oxygen atoms in total. The molecule has 0 spiro atoms. The fourth-order valence-electron chi connectivity index (χ4n) is 1.33. The van der Waals surface area contributed by atoms with Gasteiger partial charge >= 0.3 is 0 Å². The highest BCUT2D eigenvalue weighted by Crippen LogP contribution is 2.26. The molecular weight excluding hydrogens is 194 g/mol. The fraction of sp³-hybridized carbons (Fsp3) is 0. The van der Waals surface area contributed by atoms with E-state index in [1.165, 1.54) is 12.3 Å². The summed E-state index contributed by atoms with van der Waals surface area (Å²) in [6.45, 7) is 3.59. The molecular formula is C11H8NO3. The Morgan fingerprint density at radius 3 is 2.73 bits per heavy atom. The van der Waals surface area contributed by atoms with Gasteiger partial charge < -0.3 is 4.42 Å². The molecule has 0 N–H and O–H groups in total.